The number of rotatable bonds is 5. The standard InChI is InChI=1S/C14H25N5O/c1-14(2,3)13-16-11(18-15)10-12(17-13)20-9-8-19-6-4-5-7-19/h10H,4-9,15H2,1-3H3,(H,16,17,18). The van der Waals surface area contributed by atoms with E-state index >= 15 is 0 Å². The molecule has 0 spiro atoms. The Morgan fingerprint density at radius 2 is 2.00 bits per heavy atom. The molecule has 0 saturated carbocycles. The van der Waals surface area contributed by atoms with Crippen molar-refractivity contribution < 1.29 is 4.74 Å². The van der Waals surface area contributed by atoms with E-state index in [-0.39, 0.29) is 5.41 Å². The zero-order valence-corrected chi connectivity index (χ0v) is 12.6. The molecule has 1 aromatic rings. The van der Waals surface area contributed by atoms with Crippen LogP contribution in [0.1, 0.15) is 39.4 Å². The first-order chi connectivity index (χ1) is 9.49. The van der Waals surface area contributed by atoms with Crippen LogP contribution in [-0.4, -0.2) is 41.1 Å². The van der Waals surface area contributed by atoms with Gasteiger partial charge in [0.1, 0.15) is 18.2 Å². The van der Waals surface area contributed by atoms with E-state index in [1.54, 1.807) is 6.07 Å². The maximum Gasteiger partial charge on any atom is 0.218 e. The van der Waals surface area contributed by atoms with Crippen molar-refractivity contribution in [2.45, 2.75) is 39.0 Å². The highest BCUT2D eigenvalue weighted by atomic mass is 16.5. The van der Waals surface area contributed by atoms with Crippen molar-refractivity contribution in [3.8, 4) is 5.88 Å². The molecule has 3 N–H and O–H groups in total. The number of hydrogen-bond donors (Lipinski definition) is 2. The molecule has 6 heteroatoms. The average Bonchev–Trinajstić information content (AvgIpc) is 2.90. The van der Waals surface area contributed by atoms with E-state index in [0.29, 0.717) is 18.3 Å². The first kappa shape index (κ1) is 15.0. The van der Waals surface area contributed by atoms with E-state index in [0.717, 1.165) is 12.4 Å². The molecule has 6 nitrogen and oxygen atoms in total. The van der Waals surface area contributed by atoms with Gasteiger partial charge in [0.05, 0.1) is 0 Å². The Hall–Kier alpha value is -1.40. The minimum atomic E-state index is -0.139. The summed E-state index contributed by atoms with van der Waals surface area (Å²) in [5.41, 5.74) is 2.43. The lowest BCUT2D eigenvalue weighted by molar-refractivity contribution is 0.230. The van der Waals surface area contributed by atoms with E-state index < -0.39 is 0 Å². The van der Waals surface area contributed by atoms with E-state index in [1.807, 2.05) is 0 Å². The van der Waals surface area contributed by atoms with Crippen molar-refractivity contribution in [1.29, 1.82) is 0 Å². The number of nitrogens with one attached hydrogen (secondary N) is 1. The topological polar surface area (TPSA) is 76.3 Å². The van der Waals surface area contributed by atoms with Gasteiger partial charge in [0.15, 0.2) is 0 Å². The molecule has 0 radical (unpaired) electrons. The van der Waals surface area contributed by atoms with Gasteiger partial charge in [0, 0.05) is 18.0 Å². The molecule has 0 amide bonds. The number of anilines is 1. The Bertz CT molecular complexity index is 438. The zero-order valence-electron chi connectivity index (χ0n) is 12.6. The molecular weight excluding hydrogens is 254 g/mol. The summed E-state index contributed by atoms with van der Waals surface area (Å²) in [7, 11) is 0. The third kappa shape index (κ3) is 4.05. The smallest absolute Gasteiger partial charge is 0.218 e. The summed E-state index contributed by atoms with van der Waals surface area (Å²) in [5, 5.41) is 0. The van der Waals surface area contributed by atoms with Gasteiger partial charge in [-0.3, -0.25) is 4.90 Å². The number of nitrogens with two attached hydrogens (primary N) is 1. The number of hydrogen-bond acceptors (Lipinski definition) is 6. The molecule has 20 heavy (non-hydrogen) atoms. The lowest BCUT2D eigenvalue weighted by Gasteiger charge is -2.19. The van der Waals surface area contributed by atoms with Gasteiger partial charge in [-0.05, 0) is 25.9 Å². The van der Waals surface area contributed by atoms with Crippen molar-refractivity contribution in [2.75, 3.05) is 31.7 Å². The van der Waals surface area contributed by atoms with Crippen LogP contribution in [-0.2, 0) is 5.41 Å². The van der Waals surface area contributed by atoms with Crippen LogP contribution in [0.2, 0.25) is 0 Å². The minimum absolute atomic E-state index is 0.139. The molecule has 0 aromatic carbocycles. The van der Waals surface area contributed by atoms with Crippen LogP contribution in [0.15, 0.2) is 6.07 Å². The lowest BCUT2D eigenvalue weighted by atomic mass is 9.96. The number of hydrazine groups is 1. The van der Waals surface area contributed by atoms with Gasteiger partial charge >= 0.3 is 0 Å². The Morgan fingerprint density at radius 1 is 1.30 bits per heavy atom. The number of ether oxygens (including phenoxy) is 1. The second-order valence-electron chi connectivity index (χ2n) is 6.21. The Balaban J connectivity index is 1.98. The molecule has 0 unspecified atom stereocenters. The molecule has 1 aliphatic rings. The SMILES string of the molecule is CC(C)(C)c1nc(NN)cc(OCCN2CCCC2)n1. The summed E-state index contributed by atoms with van der Waals surface area (Å²) in [4.78, 5) is 11.3. The van der Waals surface area contributed by atoms with Crippen LogP contribution >= 0.6 is 0 Å². The maximum absolute atomic E-state index is 5.76. The summed E-state index contributed by atoms with van der Waals surface area (Å²) in [5.74, 6) is 7.35. The number of likely N-dealkylation sites (tertiary alicyclic amines) is 1. The van der Waals surface area contributed by atoms with Crippen LogP contribution in [0.4, 0.5) is 5.82 Å². The summed E-state index contributed by atoms with van der Waals surface area (Å²) >= 11 is 0. The fourth-order valence-corrected chi connectivity index (χ4v) is 2.19. The fraction of sp³-hybridized carbons (Fsp3) is 0.714. The highest BCUT2D eigenvalue weighted by Gasteiger charge is 2.19. The molecule has 1 aliphatic heterocycles. The summed E-state index contributed by atoms with van der Waals surface area (Å²) in [6.07, 6.45) is 2.59. The van der Waals surface area contributed by atoms with Gasteiger partial charge in [0.25, 0.3) is 0 Å². The van der Waals surface area contributed by atoms with Crippen LogP contribution in [0.25, 0.3) is 0 Å². The van der Waals surface area contributed by atoms with Crippen molar-refractivity contribution in [1.82, 2.24) is 14.9 Å². The monoisotopic (exact) mass is 279 g/mol. The number of aromatic nitrogens is 2. The first-order valence-corrected chi connectivity index (χ1v) is 7.20. The van der Waals surface area contributed by atoms with Crippen molar-refractivity contribution in [3.05, 3.63) is 11.9 Å². The van der Waals surface area contributed by atoms with Gasteiger partial charge in [0.2, 0.25) is 5.88 Å². The van der Waals surface area contributed by atoms with Crippen molar-refractivity contribution in [3.63, 3.8) is 0 Å². The van der Waals surface area contributed by atoms with Gasteiger partial charge in [-0.1, -0.05) is 20.8 Å². The normalized spacial score (nSPS) is 16.4. The zero-order chi connectivity index (χ0) is 14.6. The van der Waals surface area contributed by atoms with Gasteiger partial charge in [-0.2, -0.15) is 4.98 Å². The third-order valence-electron chi connectivity index (χ3n) is 3.38. The molecular formula is C14H25N5O. The molecule has 1 saturated heterocycles. The lowest BCUT2D eigenvalue weighted by Crippen LogP contribution is -2.25. The Morgan fingerprint density at radius 3 is 2.60 bits per heavy atom. The molecule has 0 bridgehead atoms. The van der Waals surface area contributed by atoms with Gasteiger partial charge in [-0.25, -0.2) is 10.8 Å². The average molecular weight is 279 g/mol. The first-order valence-electron chi connectivity index (χ1n) is 7.20. The number of nitrogens with zero attached hydrogens (tertiary/aromatic N) is 3. The van der Waals surface area contributed by atoms with Crippen LogP contribution < -0.4 is 16.0 Å². The summed E-state index contributed by atoms with van der Waals surface area (Å²) in [6, 6.07) is 1.74. The van der Waals surface area contributed by atoms with Crippen molar-refractivity contribution in [2.24, 2.45) is 5.84 Å². The molecule has 2 rings (SSSR count). The van der Waals surface area contributed by atoms with Crippen LogP contribution in [0.3, 0.4) is 0 Å². The van der Waals surface area contributed by atoms with E-state index in [9.17, 15) is 0 Å². The molecule has 1 fully saturated rings. The van der Waals surface area contributed by atoms with Gasteiger partial charge in [-0.15, -0.1) is 0 Å². The molecule has 0 aliphatic carbocycles. The van der Waals surface area contributed by atoms with E-state index in [2.05, 4.69) is 41.1 Å². The van der Waals surface area contributed by atoms with E-state index in [4.69, 9.17) is 10.6 Å². The second-order valence-corrected chi connectivity index (χ2v) is 6.21. The molecule has 2 heterocycles. The quantitative estimate of drug-likeness (QED) is 0.629. The highest BCUT2D eigenvalue weighted by molar-refractivity contribution is 5.37. The third-order valence-corrected chi connectivity index (χ3v) is 3.38. The van der Waals surface area contributed by atoms with Gasteiger partial charge < -0.3 is 10.2 Å². The predicted molar refractivity (Wildman–Crippen MR) is 79.7 cm³/mol. The summed E-state index contributed by atoms with van der Waals surface area (Å²) in [6.45, 7) is 10.1. The summed E-state index contributed by atoms with van der Waals surface area (Å²) < 4.78 is 5.76. The van der Waals surface area contributed by atoms with E-state index in [1.165, 1.54) is 25.9 Å². The van der Waals surface area contributed by atoms with Crippen LogP contribution in [0, 0.1) is 0 Å². The fourth-order valence-electron chi connectivity index (χ4n) is 2.19. The van der Waals surface area contributed by atoms with Crippen molar-refractivity contribution >= 4 is 5.82 Å². The Labute approximate surface area is 120 Å². The maximum atomic E-state index is 5.76. The molecule has 1 aromatic heterocycles. The molecule has 0 atom stereocenters. The molecule has 112 valence electrons. The highest BCUT2D eigenvalue weighted by Crippen LogP contribution is 2.23. The number of nitrogen functional groups attached to an aromatic ring is 1. The second kappa shape index (κ2) is 6.37. The van der Waals surface area contributed by atoms with Crippen LogP contribution in [0.5, 0.6) is 5.88 Å². The predicted octanol–water partition coefficient (Wildman–Crippen LogP) is 1.53. The minimum Gasteiger partial charge on any atom is -0.476 e. The Kier molecular flexibility index (Phi) is 4.77. The largest absolute Gasteiger partial charge is 0.476 e.